The maximum atomic E-state index is 5.68. The third-order valence-electron chi connectivity index (χ3n) is 3.15. The maximum Gasteiger partial charge on any atom is 0.151 e. The molecule has 1 N–H and O–H groups in total. The van der Waals surface area contributed by atoms with E-state index >= 15 is 0 Å². The average Bonchev–Trinajstić information content (AvgIpc) is 2.69. The second-order valence-electron chi connectivity index (χ2n) is 4.09. The molecular weight excluding hydrogens is 210 g/mol. The first kappa shape index (κ1) is 10.7. The van der Waals surface area contributed by atoms with Gasteiger partial charge in [0.05, 0.1) is 0 Å². The number of nitrogens with zero attached hydrogens (tertiary/aromatic N) is 2. The summed E-state index contributed by atoms with van der Waals surface area (Å²) in [6.45, 7) is 2.25. The highest BCUT2D eigenvalue weighted by molar-refractivity contribution is 6.29. The smallest absolute Gasteiger partial charge is 0.151 e. The molecular formula is C11H16ClN3. The summed E-state index contributed by atoms with van der Waals surface area (Å²) in [6, 6.07) is 4.22. The van der Waals surface area contributed by atoms with E-state index in [0.717, 1.165) is 11.7 Å². The molecule has 0 saturated heterocycles. The van der Waals surface area contributed by atoms with Crippen molar-refractivity contribution in [2.24, 2.45) is 5.92 Å². The van der Waals surface area contributed by atoms with Crippen LogP contribution in [-0.4, -0.2) is 16.2 Å². The molecule has 0 aromatic carbocycles. The van der Waals surface area contributed by atoms with Crippen molar-refractivity contribution < 1.29 is 0 Å². The lowest BCUT2D eigenvalue weighted by atomic mass is 10.0. The van der Waals surface area contributed by atoms with E-state index in [-0.39, 0.29) is 0 Å². The molecule has 1 aliphatic rings. The van der Waals surface area contributed by atoms with Gasteiger partial charge in [0, 0.05) is 6.04 Å². The Hall–Kier alpha value is -0.830. The highest BCUT2D eigenvalue weighted by atomic mass is 35.5. The molecule has 1 aromatic rings. The molecule has 1 fully saturated rings. The molecule has 1 heterocycles. The van der Waals surface area contributed by atoms with Gasteiger partial charge < -0.3 is 5.32 Å². The molecule has 0 bridgehead atoms. The number of nitrogens with one attached hydrogen (secondary N) is 1. The van der Waals surface area contributed by atoms with Crippen LogP contribution in [0.25, 0.3) is 0 Å². The van der Waals surface area contributed by atoms with Crippen molar-refractivity contribution in [3.8, 4) is 0 Å². The van der Waals surface area contributed by atoms with Crippen LogP contribution in [0.3, 0.4) is 0 Å². The van der Waals surface area contributed by atoms with E-state index in [1.54, 1.807) is 6.07 Å². The molecule has 15 heavy (non-hydrogen) atoms. The van der Waals surface area contributed by atoms with Crippen molar-refractivity contribution in [1.29, 1.82) is 0 Å². The summed E-state index contributed by atoms with van der Waals surface area (Å²) >= 11 is 5.68. The van der Waals surface area contributed by atoms with Gasteiger partial charge in [-0.05, 0) is 30.9 Å². The molecule has 0 radical (unpaired) electrons. The summed E-state index contributed by atoms with van der Waals surface area (Å²) in [6.07, 6.45) is 5.12. The van der Waals surface area contributed by atoms with Crippen LogP contribution in [0.1, 0.15) is 32.6 Å². The molecule has 1 aromatic heterocycles. The van der Waals surface area contributed by atoms with Crippen LogP contribution in [-0.2, 0) is 0 Å². The zero-order valence-electron chi connectivity index (χ0n) is 8.91. The molecule has 0 spiro atoms. The van der Waals surface area contributed by atoms with E-state index in [2.05, 4.69) is 22.4 Å². The minimum absolute atomic E-state index is 0.444. The second-order valence-corrected chi connectivity index (χ2v) is 4.48. The lowest BCUT2D eigenvalue weighted by molar-refractivity contribution is 0.488. The average molecular weight is 226 g/mol. The largest absolute Gasteiger partial charge is 0.366 e. The Bertz CT molecular complexity index is 312. The molecule has 3 nitrogen and oxygen atoms in total. The SMILES string of the molecule is CCC1CCCC1Nc1ccc(Cl)nn1. The van der Waals surface area contributed by atoms with Gasteiger partial charge in [-0.1, -0.05) is 31.4 Å². The maximum absolute atomic E-state index is 5.68. The lowest BCUT2D eigenvalue weighted by Gasteiger charge is -2.19. The minimum atomic E-state index is 0.444. The minimum Gasteiger partial charge on any atom is -0.366 e. The van der Waals surface area contributed by atoms with E-state index in [0.29, 0.717) is 11.2 Å². The first-order valence-electron chi connectivity index (χ1n) is 5.55. The quantitative estimate of drug-likeness (QED) is 0.859. The van der Waals surface area contributed by atoms with Crippen molar-refractivity contribution >= 4 is 17.4 Å². The number of hydrogen-bond donors (Lipinski definition) is 1. The van der Waals surface area contributed by atoms with Crippen LogP contribution < -0.4 is 5.32 Å². The Morgan fingerprint density at radius 2 is 2.27 bits per heavy atom. The van der Waals surface area contributed by atoms with Gasteiger partial charge in [-0.25, -0.2) is 0 Å². The topological polar surface area (TPSA) is 37.8 Å². The molecule has 1 saturated carbocycles. The van der Waals surface area contributed by atoms with Crippen molar-refractivity contribution in [2.75, 3.05) is 5.32 Å². The van der Waals surface area contributed by atoms with Gasteiger partial charge in [0.25, 0.3) is 0 Å². The highest BCUT2D eigenvalue weighted by Gasteiger charge is 2.25. The normalized spacial score (nSPS) is 25.5. The predicted molar refractivity (Wildman–Crippen MR) is 62.1 cm³/mol. The fraction of sp³-hybridized carbons (Fsp3) is 0.636. The molecule has 4 heteroatoms. The number of rotatable bonds is 3. The summed E-state index contributed by atoms with van der Waals surface area (Å²) in [5.41, 5.74) is 0. The zero-order valence-corrected chi connectivity index (χ0v) is 9.67. The van der Waals surface area contributed by atoms with Crippen molar-refractivity contribution in [3.05, 3.63) is 17.3 Å². The monoisotopic (exact) mass is 225 g/mol. The van der Waals surface area contributed by atoms with E-state index < -0.39 is 0 Å². The zero-order chi connectivity index (χ0) is 10.7. The van der Waals surface area contributed by atoms with Crippen molar-refractivity contribution in [3.63, 3.8) is 0 Å². The summed E-state index contributed by atoms with van der Waals surface area (Å²) in [5, 5.41) is 11.7. The van der Waals surface area contributed by atoms with Gasteiger partial charge in [-0.3, -0.25) is 0 Å². The number of anilines is 1. The Labute approximate surface area is 95.2 Å². The van der Waals surface area contributed by atoms with E-state index in [9.17, 15) is 0 Å². The van der Waals surface area contributed by atoms with Crippen LogP contribution >= 0.6 is 11.6 Å². The van der Waals surface area contributed by atoms with Crippen molar-refractivity contribution in [2.45, 2.75) is 38.6 Å². The van der Waals surface area contributed by atoms with E-state index in [1.807, 2.05) is 6.07 Å². The molecule has 1 aliphatic carbocycles. The number of hydrogen-bond acceptors (Lipinski definition) is 3. The molecule has 2 rings (SSSR count). The third-order valence-corrected chi connectivity index (χ3v) is 3.35. The Morgan fingerprint density at radius 1 is 1.40 bits per heavy atom. The second kappa shape index (κ2) is 4.79. The Morgan fingerprint density at radius 3 is 2.93 bits per heavy atom. The standard InChI is InChI=1S/C11H16ClN3/c1-2-8-4-3-5-9(8)13-11-7-6-10(12)14-15-11/h6-9H,2-5H2,1H3,(H,13,15). The molecule has 0 amide bonds. The van der Waals surface area contributed by atoms with Gasteiger partial charge >= 0.3 is 0 Å². The summed E-state index contributed by atoms with van der Waals surface area (Å²) in [4.78, 5) is 0. The fourth-order valence-corrected chi connectivity index (χ4v) is 2.40. The van der Waals surface area contributed by atoms with Gasteiger partial charge in [0.1, 0.15) is 5.82 Å². The number of aromatic nitrogens is 2. The lowest BCUT2D eigenvalue weighted by Crippen LogP contribution is -2.24. The van der Waals surface area contributed by atoms with Crippen molar-refractivity contribution in [1.82, 2.24) is 10.2 Å². The molecule has 2 unspecified atom stereocenters. The van der Waals surface area contributed by atoms with Crippen LogP contribution in [0.2, 0.25) is 5.15 Å². The predicted octanol–water partition coefficient (Wildman–Crippen LogP) is 3.12. The first-order chi connectivity index (χ1) is 7.29. The van der Waals surface area contributed by atoms with Gasteiger partial charge in [0.2, 0.25) is 0 Å². The fourth-order valence-electron chi connectivity index (χ4n) is 2.30. The summed E-state index contributed by atoms with van der Waals surface area (Å²) in [5.74, 6) is 1.62. The molecule has 2 atom stereocenters. The first-order valence-corrected chi connectivity index (χ1v) is 5.93. The number of halogens is 1. The van der Waals surface area contributed by atoms with E-state index in [4.69, 9.17) is 11.6 Å². The van der Waals surface area contributed by atoms with E-state index in [1.165, 1.54) is 25.7 Å². The van der Waals surface area contributed by atoms with Crippen LogP contribution in [0.15, 0.2) is 12.1 Å². The van der Waals surface area contributed by atoms with Crippen LogP contribution in [0.5, 0.6) is 0 Å². The van der Waals surface area contributed by atoms with Gasteiger partial charge in [-0.2, -0.15) is 0 Å². The molecule has 0 aliphatic heterocycles. The van der Waals surface area contributed by atoms with Gasteiger partial charge in [-0.15, -0.1) is 10.2 Å². The summed E-state index contributed by atoms with van der Waals surface area (Å²) < 4.78 is 0. The molecule has 82 valence electrons. The van der Waals surface area contributed by atoms with Crippen LogP contribution in [0.4, 0.5) is 5.82 Å². The highest BCUT2D eigenvalue weighted by Crippen LogP contribution is 2.30. The van der Waals surface area contributed by atoms with Crippen LogP contribution in [0, 0.1) is 5.92 Å². The third kappa shape index (κ3) is 2.59. The Kier molecular flexibility index (Phi) is 3.41. The van der Waals surface area contributed by atoms with Gasteiger partial charge in [0.15, 0.2) is 5.15 Å². The summed E-state index contributed by atoms with van der Waals surface area (Å²) in [7, 11) is 0. The Balaban J connectivity index is 1.99.